The molecule has 2 amide bonds. The number of aryl methyl sites for hydroxylation is 1. The van der Waals surface area contributed by atoms with Gasteiger partial charge in [-0.15, -0.1) is 11.3 Å². The maximum absolute atomic E-state index is 12.4. The molecule has 2 aromatic rings. The Morgan fingerprint density at radius 1 is 1.23 bits per heavy atom. The maximum atomic E-state index is 12.4. The van der Waals surface area contributed by atoms with E-state index in [1.807, 2.05) is 17.5 Å². The first-order valence-corrected chi connectivity index (χ1v) is 9.18. The molecule has 1 atom stereocenters. The van der Waals surface area contributed by atoms with Gasteiger partial charge in [-0.2, -0.15) is 0 Å². The van der Waals surface area contributed by atoms with Crippen LogP contribution in [0.25, 0.3) is 0 Å². The van der Waals surface area contributed by atoms with Crippen molar-refractivity contribution in [1.29, 1.82) is 0 Å². The molecule has 1 heterocycles. The van der Waals surface area contributed by atoms with E-state index in [1.165, 1.54) is 18.8 Å². The number of thiophene rings is 1. The Balaban J connectivity index is 1.92. The Hall–Kier alpha value is -2.67. The molecule has 2 rings (SSSR count). The highest BCUT2D eigenvalue weighted by atomic mass is 32.1. The zero-order valence-corrected chi connectivity index (χ0v) is 15.6. The third-order valence-electron chi connectivity index (χ3n) is 4.06. The number of carboxylic acids is 1. The summed E-state index contributed by atoms with van der Waals surface area (Å²) in [6.07, 6.45) is 2.01. The van der Waals surface area contributed by atoms with Gasteiger partial charge in [0.05, 0.1) is 0 Å². The summed E-state index contributed by atoms with van der Waals surface area (Å²) in [6.45, 7) is 1.44. The van der Waals surface area contributed by atoms with E-state index in [-0.39, 0.29) is 5.91 Å². The van der Waals surface area contributed by atoms with E-state index in [0.717, 1.165) is 17.7 Å². The summed E-state index contributed by atoms with van der Waals surface area (Å²) in [4.78, 5) is 37.9. The summed E-state index contributed by atoms with van der Waals surface area (Å²) in [5.41, 5.74) is 0.852. The molecule has 0 aliphatic rings. The number of nitrogens with one attached hydrogen (secondary N) is 1. The van der Waals surface area contributed by atoms with Gasteiger partial charge in [0, 0.05) is 29.6 Å². The number of hydrogen-bond acceptors (Lipinski definition) is 4. The van der Waals surface area contributed by atoms with Crippen LogP contribution in [0.2, 0.25) is 0 Å². The largest absolute Gasteiger partial charge is 0.480 e. The molecule has 0 saturated heterocycles. The van der Waals surface area contributed by atoms with Crippen LogP contribution >= 0.6 is 11.3 Å². The topological polar surface area (TPSA) is 86.7 Å². The molecule has 0 saturated carbocycles. The highest BCUT2D eigenvalue weighted by Gasteiger charge is 2.22. The fourth-order valence-corrected chi connectivity index (χ4v) is 3.13. The molecule has 0 aliphatic heterocycles. The molecule has 0 radical (unpaired) electrons. The number of carbonyl (C=O) groups is 3. The van der Waals surface area contributed by atoms with E-state index in [2.05, 4.69) is 5.32 Å². The van der Waals surface area contributed by atoms with Gasteiger partial charge in [0.25, 0.3) is 5.91 Å². The van der Waals surface area contributed by atoms with E-state index >= 15 is 0 Å². The van der Waals surface area contributed by atoms with Gasteiger partial charge in [-0.3, -0.25) is 9.59 Å². The van der Waals surface area contributed by atoms with Crippen LogP contribution in [0.4, 0.5) is 5.69 Å². The van der Waals surface area contributed by atoms with Gasteiger partial charge in [0.1, 0.15) is 6.04 Å². The van der Waals surface area contributed by atoms with E-state index in [0.29, 0.717) is 17.7 Å². The smallest absolute Gasteiger partial charge is 0.326 e. The molecule has 1 aromatic heterocycles. The van der Waals surface area contributed by atoms with Crippen molar-refractivity contribution in [2.45, 2.75) is 32.2 Å². The first-order chi connectivity index (χ1) is 12.4. The molecule has 0 fully saturated rings. The van der Waals surface area contributed by atoms with Crippen LogP contribution in [0.15, 0.2) is 41.8 Å². The molecule has 1 unspecified atom stereocenters. The summed E-state index contributed by atoms with van der Waals surface area (Å²) < 4.78 is 0. The SMILES string of the molecule is CC(C(=O)O)N(C)C(=O)c1cccc(NC(=O)CCCc2cccs2)c1. The number of amides is 2. The van der Waals surface area contributed by atoms with Crippen LogP contribution in [0.5, 0.6) is 0 Å². The number of hydrogen-bond donors (Lipinski definition) is 2. The van der Waals surface area contributed by atoms with Crippen LogP contribution < -0.4 is 5.32 Å². The summed E-state index contributed by atoms with van der Waals surface area (Å²) in [5, 5.41) is 13.8. The third kappa shape index (κ3) is 5.42. The van der Waals surface area contributed by atoms with Crippen molar-refractivity contribution >= 4 is 34.8 Å². The van der Waals surface area contributed by atoms with E-state index < -0.39 is 17.9 Å². The van der Waals surface area contributed by atoms with E-state index in [9.17, 15) is 14.4 Å². The number of carboxylic acid groups (broad SMARTS) is 1. The lowest BCUT2D eigenvalue weighted by atomic mass is 10.1. The standard InChI is InChI=1S/C19H22N2O4S/c1-13(19(24)25)21(2)18(23)14-6-3-7-15(12-14)20-17(22)10-4-8-16-9-5-11-26-16/h3,5-7,9,11-13H,4,8,10H2,1-2H3,(H,20,22)(H,24,25). The van der Waals surface area contributed by atoms with Crippen LogP contribution in [-0.4, -0.2) is 40.9 Å². The Morgan fingerprint density at radius 3 is 2.65 bits per heavy atom. The van der Waals surface area contributed by atoms with Crippen molar-refractivity contribution in [1.82, 2.24) is 4.90 Å². The average molecular weight is 374 g/mol. The first-order valence-electron chi connectivity index (χ1n) is 8.30. The highest BCUT2D eigenvalue weighted by molar-refractivity contribution is 7.09. The van der Waals surface area contributed by atoms with Gasteiger partial charge in [-0.1, -0.05) is 12.1 Å². The number of nitrogens with zero attached hydrogens (tertiary/aromatic N) is 1. The van der Waals surface area contributed by atoms with Crippen molar-refractivity contribution in [3.8, 4) is 0 Å². The van der Waals surface area contributed by atoms with Crippen molar-refractivity contribution in [2.75, 3.05) is 12.4 Å². The molecule has 26 heavy (non-hydrogen) atoms. The normalized spacial score (nSPS) is 11.6. The molecule has 1 aromatic carbocycles. The molecule has 6 nitrogen and oxygen atoms in total. The first kappa shape index (κ1) is 19.7. The van der Waals surface area contributed by atoms with E-state index in [1.54, 1.807) is 35.6 Å². The van der Waals surface area contributed by atoms with Crippen molar-refractivity contribution in [3.05, 3.63) is 52.2 Å². The lowest BCUT2D eigenvalue weighted by Crippen LogP contribution is -2.40. The minimum Gasteiger partial charge on any atom is -0.480 e. The molecule has 0 aliphatic carbocycles. The second-order valence-corrected chi connectivity index (χ2v) is 7.02. The van der Waals surface area contributed by atoms with Crippen molar-refractivity contribution in [2.24, 2.45) is 0 Å². The predicted octanol–water partition coefficient (Wildman–Crippen LogP) is 3.25. The number of aliphatic carboxylic acids is 1. The summed E-state index contributed by atoms with van der Waals surface area (Å²) in [6, 6.07) is 9.63. The molecular formula is C19H22N2O4S. The predicted molar refractivity (Wildman–Crippen MR) is 102 cm³/mol. The number of likely N-dealkylation sites (N-methyl/N-ethyl adjacent to an activating group) is 1. The second-order valence-electron chi connectivity index (χ2n) is 5.99. The fourth-order valence-electron chi connectivity index (χ4n) is 2.38. The van der Waals surface area contributed by atoms with Gasteiger partial charge < -0.3 is 15.3 Å². The van der Waals surface area contributed by atoms with Crippen LogP contribution in [0.3, 0.4) is 0 Å². The number of carbonyl (C=O) groups excluding carboxylic acids is 2. The summed E-state index contributed by atoms with van der Waals surface area (Å²) in [5.74, 6) is -1.59. The molecule has 2 N–H and O–H groups in total. The van der Waals surface area contributed by atoms with Crippen LogP contribution in [0, 0.1) is 0 Å². The summed E-state index contributed by atoms with van der Waals surface area (Å²) >= 11 is 1.68. The fraction of sp³-hybridized carbons (Fsp3) is 0.316. The van der Waals surface area contributed by atoms with Crippen molar-refractivity contribution in [3.63, 3.8) is 0 Å². The molecule has 0 bridgehead atoms. The lowest BCUT2D eigenvalue weighted by molar-refractivity contribution is -0.141. The van der Waals surface area contributed by atoms with Gasteiger partial charge in [0.2, 0.25) is 5.91 Å². The zero-order chi connectivity index (χ0) is 19.1. The maximum Gasteiger partial charge on any atom is 0.326 e. The number of benzene rings is 1. The Bertz CT molecular complexity index is 774. The van der Waals surface area contributed by atoms with Gasteiger partial charge >= 0.3 is 5.97 Å². The third-order valence-corrected chi connectivity index (χ3v) is 5.00. The number of anilines is 1. The van der Waals surface area contributed by atoms with E-state index in [4.69, 9.17) is 5.11 Å². The van der Waals surface area contributed by atoms with Gasteiger partial charge in [-0.05, 0) is 49.4 Å². The lowest BCUT2D eigenvalue weighted by Gasteiger charge is -2.21. The van der Waals surface area contributed by atoms with Crippen LogP contribution in [0.1, 0.15) is 35.0 Å². The zero-order valence-electron chi connectivity index (χ0n) is 14.8. The summed E-state index contributed by atoms with van der Waals surface area (Å²) in [7, 11) is 1.44. The average Bonchev–Trinajstić information content (AvgIpc) is 3.13. The minimum absolute atomic E-state index is 0.113. The Kier molecular flexibility index (Phi) is 6.91. The highest BCUT2D eigenvalue weighted by Crippen LogP contribution is 2.15. The molecular weight excluding hydrogens is 352 g/mol. The van der Waals surface area contributed by atoms with Crippen molar-refractivity contribution < 1.29 is 19.5 Å². The molecule has 7 heteroatoms. The monoisotopic (exact) mass is 374 g/mol. The Labute approximate surface area is 156 Å². The minimum atomic E-state index is -1.07. The second kappa shape index (κ2) is 9.15. The number of rotatable bonds is 8. The Morgan fingerprint density at radius 2 is 2.00 bits per heavy atom. The van der Waals surface area contributed by atoms with Crippen LogP contribution in [-0.2, 0) is 16.0 Å². The quantitative estimate of drug-likeness (QED) is 0.742. The van der Waals surface area contributed by atoms with Gasteiger partial charge in [0.15, 0.2) is 0 Å². The molecule has 0 spiro atoms. The molecule has 138 valence electrons. The van der Waals surface area contributed by atoms with Gasteiger partial charge in [-0.25, -0.2) is 4.79 Å².